The second kappa shape index (κ2) is 3.68. The van der Waals surface area contributed by atoms with Gasteiger partial charge in [-0.3, -0.25) is 4.79 Å². The van der Waals surface area contributed by atoms with Gasteiger partial charge in [0.25, 0.3) is 0 Å². The van der Waals surface area contributed by atoms with Gasteiger partial charge < -0.3 is 10.0 Å². The highest BCUT2D eigenvalue weighted by Gasteiger charge is 2.36. The molecular weight excluding hydrogens is 194 g/mol. The Labute approximate surface area is 88.6 Å². The van der Waals surface area contributed by atoms with Gasteiger partial charge in [-0.25, -0.2) is 4.79 Å². The Morgan fingerprint density at radius 3 is 2.73 bits per heavy atom. The molecule has 1 fully saturated rings. The van der Waals surface area contributed by atoms with Crippen molar-refractivity contribution in [3.63, 3.8) is 0 Å². The Morgan fingerprint density at radius 1 is 1.47 bits per heavy atom. The molecule has 4 nitrogen and oxygen atoms in total. The molecule has 0 aromatic carbocycles. The molecule has 0 saturated carbocycles. The summed E-state index contributed by atoms with van der Waals surface area (Å²) in [6.45, 7) is 2.63. The fourth-order valence-corrected chi connectivity index (χ4v) is 2.47. The lowest BCUT2D eigenvalue weighted by molar-refractivity contribution is -0.141. The number of carbonyl (C=O) groups is 2. The second-order valence-corrected chi connectivity index (χ2v) is 4.24. The van der Waals surface area contributed by atoms with Crippen LogP contribution in [0, 0.1) is 0 Å². The van der Waals surface area contributed by atoms with Crippen LogP contribution in [0.25, 0.3) is 0 Å². The number of carboxylic acids is 1. The highest BCUT2D eigenvalue weighted by molar-refractivity contribution is 5.98. The van der Waals surface area contributed by atoms with Gasteiger partial charge >= 0.3 is 5.97 Å². The van der Waals surface area contributed by atoms with E-state index in [1.165, 1.54) is 0 Å². The molecule has 0 radical (unpaired) electrons. The highest BCUT2D eigenvalue weighted by atomic mass is 16.4. The molecule has 4 heteroatoms. The van der Waals surface area contributed by atoms with E-state index in [9.17, 15) is 9.59 Å². The number of hydrogen-bond acceptors (Lipinski definition) is 3. The number of likely N-dealkylation sites (tertiary alicyclic amines) is 1. The molecule has 1 aliphatic carbocycles. The van der Waals surface area contributed by atoms with Crippen LogP contribution in [-0.4, -0.2) is 34.3 Å². The summed E-state index contributed by atoms with van der Waals surface area (Å²) in [5.74, 6) is -0.701. The van der Waals surface area contributed by atoms with Crippen molar-refractivity contribution in [3.8, 4) is 0 Å². The molecule has 1 atom stereocenters. The highest BCUT2D eigenvalue weighted by Crippen LogP contribution is 2.31. The average Bonchev–Trinajstić information content (AvgIpc) is 2.73. The molecule has 1 N–H and O–H groups in total. The van der Waals surface area contributed by atoms with E-state index in [2.05, 4.69) is 0 Å². The Balaban J connectivity index is 2.26. The zero-order chi connectivity index (χ0) is 11.0. The lowest BCUT2D eigenvalue weighted by atomic mass is 10.2. The number of ketones is 1. The van der Waals surface area contributed by atoms with Gasteiger partial charge in [0.05, 0.1) is 5.70 Å². The standard InChI is InChI=1S/C11H15NO3/c1-7-4-5-9(13)10(7)12-6-2-3-8(12)11(14)15/h8H,2-6H2,1H3,(H,14,15). The lowest BCUT2D eigenvalue weighted by Gasteiger charge is -2.24. The van der Waals surface area contributed by atoms with Gasteiger partial charge in [0, 0.05) is 13.0 Å². The quantitative estimate of drug-likeness (QED) is 0.741. The van der Waals surface area contributed by atoms with E-state index in [1.54, 1.807) is 4.90 Å². The summed E-state index contributed by atoms with van der Waals surface area (Å²) in [5, 5.41) is 9.04. The molecule has 0 spiro atoms. The number of carboxylic acid groups (broad SMARTS) is 1. The van der Waals surface area contributed by atoms with Crippen LogP contribution in [0.5, 0.6) is 0 Å². The maximum atomic E-state index is 11.6. The maximum Gasteiger partial charge on any atom is 0.326 e. The number of hydrogen-bond donors (Lipinski definition) is 1. The third-order valence-electron chi connectivity index (χ3n) is 3.22. The van der Waals surface area contributed by atoms with E-state index in [4.69, 9.17) is 5.11 Å². The van der Waals surface area contributed by atoms with Crippen molar-refractivity contribution in [3.05, 3.63) is 11.3 Å². The fraction of sp³-hybridized carbons (Fsp3) is 0.636. The first-order chi connectivity index (χ1) is 7.11. The normalized spacial score (nSPS) is 26.6. The summed E-state index contributed by atoms with van der Waals surface area (Å²) in [7, 11) is 0. The molecule has 15 heavy (non-hydrogen) atoms. The molecule has 1 saturated heterocycles. The van der Waals surface area contributed by atoms with Gasteiger partial charge in [0.15, 0.2) is 5.78 Å². The monoisotopic (exact) mass is 209 g/mol. The molecule has 1 heterocycles. The van der Waals surface area contributed by atoms with E-state index in [-0.39, 0.29) is 5.78 Å². The number of allylic oxidation sites excluding steroid dienone is 2. The predicted molar refractivity (Wildman–Crippen MR) is 54.3 cm³/mol. The topological polar surface area (TPSA) is 57.6 Å². The molecule has 0 amide bonds. The Kier molecular flexibility index (Phi) is 2.50. The third-order valence-corrected chi connectivity index (χ3v) is 3.22. The van der Waals surface area contributed by atoms with Gasteiger partial charge in [0.1, 0.15) is 6.04 Å². The first kappa shape index (κ1) is 10.2. The van der Waals surface area contributed by atoms with Crippen molar-refractivity contribution in [2.75, 3.05) is 6.54 Å². The zero-order valence-electron chi connectivity index (χ0n) is 8.82. The van der Waals surface area contributed by atoms with Gasteiger partial charge in [-0.15, -0.1) is 0 Å². The summed E-state index contributed by atoms with van der Waals surface area (Å²) in [5.41, 5.74) is 1.73. The predicted octanol–water partition coefficient (Wildman–Crippen LogP) is 1.17. The molecular formula is C11H15NO3. The molecule has 2 aliphatic rings. The molecule has 82 valence electrons. The Hall–Kier alpha value is -1.32. The summed E-state index contributed by atoms with van der Waals surface area (Å²) in [4.78, 5) is 24.4. The summed E-state index contributed by atoms with van der Waals surface area (Å²) in [6, 6.07) is -0.489. The van der Waals surface area contributed by atoms with E-state index in [0.29, 0.717) is 25.1 Å². The van der Waals surface area contributed by atoms with E-state index >= 15 is 0 Å². The number of carbonyl (C=O) groups excluding carboxylic acids is 1. The second-order valence-electron chi connectivity index (χ2n) is 4.24. The van der Waals surface area contributed by atoms with Crippen LogP contribution in [0.1, 0.15) is 32.6 Å². The van der Waals surface area contributed by atoms with E-state index in [0.717, 1.165) is 18.4 Å². The fourth-order valence-electron chi connectivity index (χ4n) is 2.47. The number of aliphatic carboxylic acids is 1. The van der Waals surface area contributed by atoms with Crippen molar-refractivity contribution < 1.29 is 14.7 Å². The minimum Gasteiger partial charge on any atom is -0.480 e. The van der Waals surface area contributed by atoms with Crippen LogP contribution >= 0.6 is 0 Å². The van der Waals surface area contributed by atoms with Gasteiger partial charge in [-0.1, -0.05) is 0 Å². The smallest absolute Gasteiger partial charge is 0.326 e. The van der Waals surface area contributed by atoms with Crippen LogP contribution in [0.3, 0.4) is 0 Å². The number of nitrogens with zero attached hydrogens (tertiary/aromatic N) is 1. The minimum absolute atomic E-state index is 0.112. The molecule has 1 unspecified atom stereocenters. The van der Waals surface area contributed by atoms with E-state index < -0.39 is 12.0 Å². The molecule has 0 aromatic heterocycles. The summed E-state index contributed by atoms with van der Waals surface area (Å²) in [6.07, 6.45) is 2.85. The Morgan fingerprint density at radius 2 is 2.20 bits per heavy atom. The van der Waals surface area contributed by atoms with Gasteiger partial charge in [0.2, 0.25) is 0 Å². The average molecular weight is 209 g/mol. The Bertz CT molecular complexity index is 346. The lowest BCUT2D eigenvalue weighted by Crippen LogP contribution is -2.37. The first-order valence-corrected chi connectivity index (χ1v) is 5.33. The van der Waals surface area contributed by atoms with Crippen LogP contribution in [0.15, 0.2) is 11.3 Å². The molecule has 0 bridgehead atoms. The van der Waals surface area contributed by atoms with Crippen LogP contribution < -0.4 is 0 Å². The molecule has 2 rings (SSSR count). The number of Topliss-reactive ketones (excluding diaryl/α,β-unsaturated/α-hetero) is 1. The van der Waals surface area contributed by atoms with E-state index in [1.807, 2.05) is 6.92 Å². The summed E-state index contributed by atoms with van der Waals surface area (Å²) >= 11 is 0. The van der Waals surface area contributed by atoms with Crippen molar-refractivity contribution in [1.29, 1.82) is 0 Å². The maximum absolute atomic E-state index is 11.6. The summed E-state index contributed by atoms with van der Waals surface area (Å²) < 4.78 is 0. The molecule has 1 aliphatic heterocycles. The third kappa shape index (κ3) is 1.64. The number of rotatable bonds is 2. The van der Waals surface area contributed by atoms with Crippen molar-refractivity contribution in [2.45, 2.75) is 38.6 Å². The first-order valence-electron chi connectivity index (χ1n) is 5.33. The van der Waals surface area contributed by atoms with Crippen LogP contribution in [0.2, 0.25) is 0 Å². The van der Waals surface area contributed by atoms with Gasteiger partial charge in [-0.2, -0.15) is 0 Å². The largest absolute Gasteiger partial charge is 0.480 e. The van der Waals surface area contributed by atoms with Crippen LogP contribution in [0.4, 0.5) is 0 Å². The van der Waals surface area contributed by atoms with Crippen molar-refractivity contribution >= 4 is 11.8 Å². The van der Waals surface area contributed by atoms with Gasteiger partial charge in [-0.05, 0) is 31.8 Å². The van der Waals surface area contributed by atoms with Crippen molar-refractivity contribution in [2.24, 2.45) is 0 Å². The molecule has 0 aromatic rings. The van der Waals surface area contributed by atoms with Crippen LogP contribution in [-0.2, 0) is 9.59 Å². The SMILES string of the molecule is CC1=C(N2CCCC2C(=O)O)C(=O)CC1. The van der Waals surface area contributed by atoms with Crippen molar-refractivity contribution in [1.82, 2.24) is 4.90 Å². The minimum atomic E-state index is -0.812. The zero-order valence-corrected chi connectivity index (χ0v) is 8.82.